The molecule has 1 aliphatic heterocycles. The van der Waals surface area contributed by atoms with Gasteiger partial charge in [0, 0.05) is 13.1 Å². The van der Waals surface area contributed by atoms with Crippen LogP contribution in [0.25, 0.3) is 0 Å². The third kappa shape index (κ3) is 3.15. The molecular weight excluding hydrogens is 314 g/mol. The van der Waals surface area contributed by atoms with E-state index in [4.69, 9.17) is 0 Å². The van der Waals surface area contributed by atoms with Crippen molar-refractivity contribution >= 4 is 27.6 Å². The molecule has 6 nitrogen and oxygen atoms in total. The topological polar surface area (TPSA) is 64.4 Å². The van der Waals surface area contributed by atoms with Crippen molar-refractivity contribution in [3.63, 3.8) is 0 Å². The van der Waals surface area contributed by atoms with Crippen LogP contribution in [0.15, 0.2) is 15.5 Å². The first-order valence-corrected chi connectivity index (χ1v) is 7.00. The number of anilines is 1. The zero-order valence-electron chi connectivity index (χ0n) is 10.8. The van der Waals surface area contributed by atoms with Gasteiger partial charge in [-0.3, -0.25) is 9.59 Å². The molecule has 0 N–H and O–H groups in total. The average Bonchev–Trinajstić information content (AvgIpc) is 2.45. The fourth-order valence-electron chi connectivity index (χ4n) is 2.11. The van der Waals surface area contributed by atoms with E-state index >= 15 is 0 Å². The molecule has 0 amide bonds. The molecule has 0 saturated carbocycles. The van der Waals surface area contributed by atoms with Crippen LogP contribution in [0.4, 0.5) is 5.69 Å². The van der Waals surface area contributed by atoms with E-state index in [0.29, 0.717) is 4.47 Å². The Bertz CT molecular complexity index is 523. The van der Waals surface area contributed by atoms with Gasteiger partial charge in [0.15, 0.2) is 0 Å². The van der Waals surface area contributed by atoms with Gasteiger partial charge in [-0.1, -0.05) is 0 Å². The van der Waals surface area contributed by atoms with Gasteiger partial charge in [-0.05, 0) is 35.2 Å². The van der Waals surface area contributed by atoms with E-state index in [1.165, 1.54) is 13.5 Å². The minimum absolute atomic E-state index is 0.172. The molecule has 0 aliphatic carbocycles. The van der Waals surface area contributed by atoms with Crippen molar-refractivity contribution in [2.75, 3.05) is 25.1 Å². The minimum atomic E-state index is -0.493. The molecule has 1 aromatic heterocycles. The molecule has 0 unspecified atom stereocenters. The Morgan fingerprint density at radius 2 is 2.11 bits per heavy atom. The number of hydrogen-bond donors (Lipinski definition) is 0. The third-order valence-corrected chi connectivity index (χ3v) is 3.92. The van der Waals surface area contributed by atoms with Crippen LogP contribution in [0, 0.1) is 0 Å². The number of piperidine rings is 1. The van der Waals surface area contributed by atoms with E-state index < -0.39 is 5.97 Å². The van der Waals surface area contributed by atoms with Crippen LogP contribution in [0.5, 0.6) is 0 Å². The summed E-state index contributed by atoms with van der Waals surface area (Å²) < 4.78 is 6.08. The number of rotatable bonds is 3. The van der Waals surface area contributed by atoms with Gasteiger partial charge in [0.25, 0.3) is 5.56 Å². The standard InChI is InChI=1S/C12H16BrN3O3/c1-19-10(17)8-16-12(18)11(13)9(7-14-16)15-5-3-2-4-6-15/h7H,2-6,8H2,1H3. The summed E-state index contributed by atoms with van der Waals surface area (Å²) >= 11 is 3.31. The van der Waals surface area contributed by atoms with Crippen molar-refractivity contribution in [2.45, 2.75) is 25.8 Å². The normalized spacial score (nSPS) is 15.4. The van der Waals surface area contributed by atoms with Gasteiger partial charge >= 0.3 is 5.97 Å². The van der Waals surface area contributed by atoms with E-state index in [2.05, 4.69) is 30.7 Å². The molecule has 0 spiro atoms. The molecule has 1 fully saturated rings. The quantitative estimate of drug-likeness (QED) is 0.779. The first-order chi connectivity index (χ1) is 9.13. The molecule has 1 saturated heterocycles. The van der Waals surface area contributed by atoms with Gasteiger partial charge in [0.05, 0.1) is 19.0 Å². The lowest BCUT2D eigenvalue weighted by Gasteiger charge is -2.29. The zero-order chi connectivity index (χ0) is 13.8. The largest absolute Gasteiger partial charge is 0.468 e. The maximum atomic E-state index is 12.1. The van der Waals surface area contributed by atoms with Gasteiger partial charge in [-0.2, -0.15) is 5.10 Å². The molecule has 0 aromatic carbocycles. The van der Waals surface area contributed by atoms with Crippen LogP contribution in [-0.2, 0) is 16.1 Å². The summed E-state index contributed by atoms with van der Waals surface area (Å²) in [5.41, 5.74) is 0.485. The van der Waals surface area contributed by atoms with E-state index in [9.17, 15) is 9.59 Å². The zero-order valence-corrected chi connectivity index (χ0v) is 12.4. The Labute approximate surface area is 119 Å². The summed E-state index contributed by atoms with van der Waals surface area (Å²) in [6, 6.07) is 0. The lowest BCUT2D eigenvalue weighted by Crippen LogP contribution is -2.34. The van der Waals surface area contributed by atoms with Crippen molar-refractivity contribution in [3.05, 3.63) is 21.0 Å². The second kappa shape index (κ2) is 6.18. The SMILES string of the molecule is COC(=O)Cn1ncc(N2CCCCC2)c(Br)c1=O. The Kier molecular flexibility index (Phi) is 4.57. The van der Waals surface area contributed by atoms with E-state index in [1.807, 2.05) is 0 Å². The maximum Gasteiger partial charge on any atom is 0.327 e. The lowest BCUT2D eigenvalue weighted by molar-refractivity contribution is -0.141. The van der Waals surface area contributed by atoms with Crippen LogP contribution in [0.2, 0.25) is 0 Å². The average molecular weight is 330 g/mol. The van der Waals surface area contributed by atoms with E-state index in [1.54, 1.807) is 6.20 Å². The predicted molar refractivity (Wildman–Crippen MR) is 74.3 cm³/mol. The molecular formula is C12H16BrN3O3. The molecule has 0 atom stereocenters. The highest BCUT2D eigenvalue weighted by Crippen LogP contribution is 2.24. The minimum Gasteiger partial charge on any atom is -0.468 e. The van der Waals surface area contributed by atoms with Crippen LogP contribution in [0.3, 0.4) is 0 Å². The molecule has 2 heterocycles. The summed E-state index contributed by atoms with van der Waals surface area (Å²) in [5, 5.41) is 4.03. The number of ether oxygens (including phenoxy) is 1. The second-order valence-electron chi connectivity index (χ2n) is 4.43. The van der Waals surface area contributed by atoms with Crippen LogP contribution in [0.1, 0.15) is 19.3 Å². The lowest BCUT2D eigenvalue weighted by atomic mass is 10.1. The summed E-state index contributed by atoms with van der Waals surface area (Å²) in [6.45, 7) is 1.69. The monoisotopic (exact) mass is 329 g/mol. The molecule has 104 valence electrons. The highest BCUT2D eigenvalue weighted by Gasteiger charge is 2.18. The Hall–Kier alpha value is -1.37. The highest BCUT2D eigenvalue weighted by molar-refractivity contribution is 9.10. The van der Waals surface area contributed by atoms with Gasteiger partial charge in [-0.15, -0.1) is 0 Å². The number of nitrogens with zero attached hydrogens (tertiary/aromatic N) is 3. The second-order valence-corrected chi connectivity index (χ2v) is 5.22. The number of esters is 1. The fourth-order valence-corrected chi connectivity index (χ4v) is 2.67. The summed E-state index contributed by atoms with van der Waals surface area (Å²) in [6.07, 6.45) is 5.09. The van der Waals surface area contributed by atoms with E-state index in [0.717, 1.165) is 36.3 Å². The van der Waals surface area contributed by atoms with Crippen molar-refractivity contribution < 1.29 is 9.53 Å². The number of carbonyl (C=O) groups excluding carboxylic acids is 1. The van der Waals surface area contributed by atoms with Gasteiger partial charge in [0.1, 0.15) is 11.0 Å². The molecule has 7 heteroatoms. The first-order valence-electron chi connectivity index (χ1n) is 6.21. The Morgan fingerprint density at radius 1 is 1.42 bits per heavy atom. The van der Waals surface area contributed by atoms with Gasteiger partial charge in [-0.25, -0.2) is 4.68 Å². The van der Waals surface area contributed by atoms with Crippen molar-refractivity contribution in [1.29, 1.82) is 0 Å². The molecule has 2 rings (SSSR count). The first kappa shape index (κ1) is 14.0. The fraction of sp³-hybridized carbons (Fsp3) is 0.583. The highest BCUT2D eigenvalue weighted by atomic mass is 79.9. The number of aromatic nitrogens is 2. The summed E-state index contributed by atoms with van der Waals surface area (Å²) in [7, 11) is 1.28. The molecule has 19 heavy (non-hydrogen) atoms. The van der Waals surface area contributed by atoms with Crippen molar-refractivity contribution in [2.24, 2.45) is 0 Å². The van der Waals surface area contributed by atoms with E-state index in [-0.39, 0.29) is 12.1 Å². The molecule has 0 bridgehead atoms. The molecule has 0 radical (unpaired) electrons. The maximum absolute atomic E-state index is 12.1. The van der Waals surface area contributed by atoms with Gasteiger partial charge in [0.2, 0.25) is 0 Å². The molecule has 1 aliphatic rings. The van der Waals surface area contributed by atoms with Crippen LogP contribution in [-0.4, -0.2) is 35.9 Å². The van der Waals surface area contributed by atoms with Crippen molar-refractivity contribution in [1.82, 2.24) is 9.78 Å². The molecule has 1 aromatic rings. The van der Waals surface area contributed by atoms with Crippen molar-refractivity contribution in [3.8, 4) is 0 Å². The summed E-state index contributed by atoms with van der Waals surface area (Å²) in [5.74, 6) is -0.493. The number of carbonyl (C=O) groups is 1. The summed E-state index contributed by atoms with van der Waals surface area (Å²) in [4.78, 5) is 25.4. The number of methoxy groups -OCH3 is 1. The number of halogens is 1. The van der Waals surface area contributed by atoms with Crippen LogP contribution < -0.4 is 10.5 Å². The third-order valence-electron chi connectivity index (χ3n) is 3.17. The predicted octanol–water partition coefficient (Wildman–Crippen LogP) is 1.17. The Balaban J connectivity index is 2.26. The Morgan fingerprint density at radius 3 is 2.74 bits per heavy atom. The number of hydrogen-bond acceptors (Lipinski definition) is 5. The smallest absolute Gasteiger partial charge is 0.327 e. The van der Waals surface area contributed by atoms with Crippen LogP contribution >= 0.6 is 15.9 Å². The van der Waals surface area contributed by atoms with Gasteiger partial charge < -0.3 is 9.64 Å².